The maximum atomic E-state index is 10.2. The zero-order valence-electron chi connectivity index (χ0n) is 4.11. The van der Waals surface area contributed by atoms with Gasteiger partial charge in [-0.2, -0.15) is 0 Å². The highest BCUT2D eigenvalue weighted by Gasteiger charge is 1.91. The third kappa shape index (κ3) is 0.676. The van der Waals surface area contributed by atoms with E-state index in [9.17, 15) is 4.79 Å². The second-order valence-electron chi connectivity index (χ2n) is 1.31. The summed E-state index contributed by atoms with van der Waals surface area (Å²) in [6.07, 6.45) is 4.33. The van der Waals surface area contributed by atoms with Gasteiger partial charge >= 0.3 is 6.03 Å². The Morgan fingerprint density at radius 1 is 1.88 bits per heavy atom. The maximum Gasteiger partial charge on any atom is 0.324 e. The van der Waals surface area contributed by atoms with E-state index in [1.54, 1.807) is 0 Å². The molecule has 0 fully saturated rings. The molecule has 0 spiro atoms. The van der Waals surface area contributed by atoms with E-state index in [1.807, 2.05) is 0 Å². The summed E-state index contributed by atoms with van der Waals surface area (Å²) in [5.74, 6) is 0. The SMILES string of the molecule is NC(=O)n1ccnc1.[HH]. The van der Waals surface area contributed by atoms with E-state index in [2.05, 4.69) is 4.98 Å². The van der Waals surface area contributed by atoms with Crippen molar-refractivity contribution in [3.05, 3.63) is 18.7 Å². The molecular formula is C4H7N3O. The summed E-state index contributed by atoms with van der Waals surface area (Å²) >= 11 is 0. The molecular weight excluding hydrogens is 106 g/mol. The number of nitrogens with two attached hydrogens (primary N) is 1. The molecule has 1 aromatic rings. The Bertz CT molecular complexity index is 184. The van der Waals surface area contributed by atoms with Crippen molar-refractivity contribution in [2.75, 3.05) is 0 Å². The third-order valence-electron chi connectivity index (χ3n) is 0.759. The number of aromatic nitrogens is 2. The summed E-state index contributed by atoms with van der Waals surface area (Å²) in [5, 5.41) is 0. The molecule has 0 atom stereocenters. The van der Waals surface area contributed by atoms with Gasteiger partial charge in [0.2, 0.25) is 0 Å². The van der Waals surface area contributed by atoms with Crippen LogP contribution in [-0.2, 0) is 0 Å². The number of hydrogen-bond donors (Lipinski definition) is 1. The highest BCUT2D eigenvalue weighted by atomic mass is 16.2. The van der Waals surface area contributed by atoms with Crippen LogP contribution in [0.4, 0.5) is 4.79 Å². The molecule has 0 aliphatic carbocycles. The highest BCUT2D eigenvalue weighted by molar-refractivity contribution is 5.74. The van der Waals surface area contributed by atoms with Gasteiger partial charge in [-0.15, -0.1) is 0 Å². The second-order valence-corrected chi connectivity index (χ2v) is 1.31. The van der Waals surface area contributed by atoms with Crippen LogP contribution in [0.15, 0.2) is 18.7 Å². The first-order valence-electron chi connectivity index (χ1n) is 2.08. The molecule has 2 N–H and O–H groups in total. The van der Waals surface area contributed by atoms with Gasteiger partial charge in [0, 0.05) is 13.8 Å². The van der Waals surface area contributed by atoms with Crippen LogP contribution in [0.25, 0.3) is 0 Å². The van der Waals surface area contributed by atoms with Crippen LogP contribution in [0, 0.1) is 0 Å². The number of primary amides is 1. The average Bonchev–Trinajstić information content (AvgIpc) is 2.12. The first-order chi connectivity index (χ1) is 3.80. The van der Waals surface area contributed by atoms with Gasteiger partial charge < -0.3 is 5.73 Å². The fourth-order valence-corrected chi connectivity index (χ4v) is 0.389. The zero-order chi connectivity index (χ0) is 5.98. The Morgan fingerprint density at radius 2 is 2.62 bits per heavy atom. The first-order valence-corrected chi connectivity index (χ1v) is 2.08. The molecule has 1 rings (SSSR count). The molecule has 1 aromatic heterocycles. The molecule has 0 aliphatic rings. The highest BCUT2D eigenvalue weighted by Crippen LogP contribution is 1.79. The van der Waals surface area contributed by atoms with Crippen molar-refractivity contribution in [3.63, 3.8) is 0 Å². The van der Waals surface area contributed by atoms with Gasteiger partial charge in [0.25, 0.3) is 0 Å². The number of nitrogens with zero attached hydrogens (tertiary/aromatic N) is 2. The van der Waals surface area contributed by atoms with Gasteiger partial charge in [0.1, 0.15) is 6.33 Å². The predicted octanol–water partition coefficient (Wildman–Crippen LogP) is 0.0559. The van der Waals surface area contributed by atoms with Crippen molar-refractivity contribution in [3.8, 4) is 0 Å². The lowest BCUT2D eigenvalue weighted by molar-refractivity contribution is 0.250. The lowest BCUT2D eigenvalue weighted by Crippen LogP contribution is -2.17. The van der Waals surface area contributed by atoms with Gasteiger partial charge in [-0.05, 0) is 0 Å². The molecule has 1 amide bonds. The molecule has 0 unspecified atom stereocenters. The second kappa shape index (κ2) is 1.65. The molecule has 4 heteroatoms. The van der Waals surface area contributed by atoms with E-state index in [1.165, 1.54) is 23.3 Å². The molecule has 4 nitrogen and oxygen atoms in total. The Kier molecular flexibility index (Phi) is 0.997. The molecule has 0 saturated carbocycles. The standard InChI is InChI=1S/C4H5N3O.H2/c5-4(8)7-2-1-6-3-7;/h1-3H,(H2,5,8);1H. The van der Waals surface area contributed by atoms with Crippen molar-refractivity contribution in [2.45, 2.75) is 0 Å². The topological polar surface area (TPSA) is 60.9 Å². The van der Waals surface area contributed by atoms with Crippen molar-refractivity contribution in [1.82, 2.24) is 9.55 Å². The number of carbonyl (C=O) groups is 1. The average molecular weight is 113 g/mol. The number of imidazole rings is 1. The number of carbonyl (C=O) groups excluding carboxylic acids is 1. The van der Waals surface area contributed by atoms with E-state index in [-0.39, 0.29) is 1.43 Å². The molecule has 0 saturated heterocycles. The van der Waals surface area contributed by atoms with Crippen LogP contribution in [-0.4, -0.2) is 15.6 Å². The fourth-order valence-electron chi connectivity index (χ4n) is 0.389. The lowest BCUT2D eigenvalue weighted by atomic mass is 10.9. The first kappa shape index (κ1) is 4.83. The van der Waals surface area contributed by atoms with Gasteiger partial charge in [-0.1, -0.05) is 0 Å². The van der Waals surface area contributed by atoms with Crippen LogP contribution in [0.3, 0.4) is 0 Å². The normalized spacial score (nSPS) is 9.00. The molecule has 44 valence electrons. The van der Waals surface area contributed by atoms with Gasteiger partial charge in [-0.3, -0.25) is 4.57 Å². The zero-order valence-corrected chi connectivity index (χ0v) is 4.11. The van der Waals surface area contributed by atoms with E-state index in [4.69, 9.17) is 5.73 Å². The number of hydrogen-bond acceptors (Lipinski definition) is 2. The van der Waals surface area contributed by atoms with Crippen LogP contribution in [0.5, 0.6) is 0 Å². The minimum Gasteiger partial charge on any atom is -0.351 e. The van der Waals surface area contributed by atoms with Crippen LogP contribution < -0.4 is 5.73 Å². The summed E-state index contributed by atoms with van der Waals surface area (Å²) in [4.78, 5) is 13.8. The summed E-state index contributed by atoms with van der Waals surface area (Å²) in [6.45, 7) is 0. The van der Waals surface area contributed by atoms with E-state index < -0.39 is 6.03 Å². The van der Waals surface area contributed by atoms with Crippen LogP contribution >= 0.6 is 0 Å². The summed E-state index contributed by atoms with van der Waals surface area (Å²) in [5.41, 5.74) is 4.84. The number of rotatable bonds is 0. The molecule has 0 aromatic carbocycles. The third-order valence-corrected chi connectivity index (χ3v) is 0.759. The van der Waals surface area contributed by atoms with Crippen molar-refractivity contribution < 1.29 is 6.22 Å². The lowest BCUT2D eigenvalue weighted by Gasteiger charge is -1.87. The predicted molar refractivity (Wildman–Crippen MR) is 29.3 cm³/mol. The van der Waals surface area contributed by atoms with Crippen molar-refractivity contribution in [2.24, 2.45) is 5.73 Å². The molecule has 0 aliphatic heterocycles. The van der Waals surface area contributed by atoms with Gasteiger partial charge in [0.15, 0.2) is 0 Å². The van der Waals surface area contributed by atoms with E-state index in [0.29, 0.717) is 0 Å². The Balaban J connectivity index is 0.000000640. The summed E-state index contributed by atoms with van der Waals surface area (Å²) < 4.78 is 1.19. The minimum absolute atomic E-state index is 0. The largest absolute Gasteiger partial charge is 0.351 e. The Labute approximate surface area is 47.4 Å². The molecule has 0 bridgehead atoms. The molecule has 8 heavy (non-hydrogen) atoms. The van der Waals surface area contributed by atoms with Crippen molar-refractivity contribution in [1.29, 1.82) is 0 Å². The minimum atomic E-state index is -0.512. The van der Waals surface area contributed by atoms with Gasteiger partial charge in [0.05, 0.1) is 0 Å². The van der Waals surface area contributed by atoms with Crippen LogP contribution in [0.2, 0.25) is 0 Å². The van der Waals surface area contributed by atoms with Crippen molar-refractivity contribution >= 4 is 6.03 Å². The summed E-state index contributed by atoms with van der Waals surface area (Å²) in [6, 6.07) is -0.512. The quantitative estimate of drug-likeness (QED) is 0.517. The van der Waals surface area contributed by atoms with Crippen LogP contribution in [0.1, 0.15) is 1.43 Å². The van der Waals surface area contributed by atoms with Gasteiger partial charge in [-0.25, -0.2) is 9.78 Å². The summed E-state index contributed by atoms with van der Waals surface area (Å²) in [7, 11) is 0. The Morgan fingerprint density at radius 3 is 2.88 bits per heavy atom. The number of amides is 1. The van der Waals surface area contributed by atoms with E-state index >= 15 is 0 Å². The smallest absolute Gasteiger partial charge is 0.324 e. The monoisotopic (exact) mass is 113 g/mol. The maximum absolute atomic E-state index is 10.2. The van der Waals surface area contributed by atoms with E-state index in [0.717, 1.165) is 0 Å². The Hall–Kier alpha value is -1.32. The fraction of sp³-hybridized carbons (Fsp3) is 0. The molecule has 0 radical (unpaired) electrons. The molecule has 1 heterocycles.